The molecule has 0 saturated carbocycles. The highest BCUT2D eigenvalue weighted by Crippen LogP contribution is 2.40. The number of amides is 1. The lowest BCUT2D eigenvalue weighted by atomic mass is 9.97. The molecule has 0 radical (unpaired) electrons. The molecule has 8 heteroatoms. The van der Waals surface area contributed by atoms with Gasteiger partial charge < -0.3 is 19.1 Å². The molecule has 2 heterocycles. The van der Waals surface area contributed by atoms with E-state index in [9.17, 15) is 18.0 Å². The number of hydrogen-bond donors (Lipinski definition) is 0. The van der Waals surface area contributed by atoms with Crippen LogP contribution in [0.3, 0.4) is 0 Å². The van der Waals surface area contributed by atoms with Gasteiger partial charge in [0.05, 0.1) is 13.0 Å². The molecule has 2 aliphatic heterocycles. The molecule has 3 rings (SSSR count). The first kappa shape index (κ1) is 18.4. The Hall–Kier alpha value is -2.38. The minimum Gasteiger partial charge on any atom is -0.493 e. The van der Waals surface area contributed by atoms with Gasteiger partial charge in [-0.25, -0.2) is 0 Å². The monoisotopic (exact) mass is 371 g/mol. The summed E-state index contributed by atoms with van der Waals surface area (Å²) in [5.41, 5.74) is 0.642. The van der Waals surface area contributed by atoms with Gasteiger partial charge in [-0.3, -0.25) is 4.79 Å². The zero-order chi connectivity index (χ0) is 18.7. The van der Waals surface area contributed by atoms with Gasteiger partial charge in [-0.15, -0.1) is 0 Å². The number of benzene rings is 1. The largest absolute Gasteiger partial charge is 0.493 e. The van der Waals surface area contributed by atoms with Crippen LogP contribution in [0, 0.1) is 5.92 Å². The maximum Gasteiger partial charge on any atom is 0.393 e. The predicted octanol–water partition coefficient (Wildman–Crippen LogP) is 3.28. The van der Waals surface area contributed by atoms with Crippen molar-refractivity contribution < 1.29 is 32.2 Å². The molecule has 0 spiro atoms. The van der Waals surface area contributed by atoms with Gasteiger partial charge in [-0.05, 0) is 36.6 Å². The molecule has 1 fully saturated rings. The highest BCUT2D eigenvalue weighted by atomic mass is 19.4. The number of alkyl halides is 3. The first-order valence-electron chi connectivity index (χ1n) is 8.40. The summed E-state index contributed by atoms with van der Waals surface area (Å²) >= 11 is 0. The van der Waals surface area contributed by atoms with Crippen LogP contribution in [-0.4, -0.2) is 50.4 Å². The summed E-state index contributed by atoms with van der Waals surface area (Å²) in [6.07, 6.45) is -1.03. The number of fused-ring (bicyclic) bond motifs is 1. The smallest absolute Gasteiger partial charge is 0.393 e. The lowest BCUT2D eigenvalue weighted by molar-refractivity contribution is -0.187. The topological polar surface area (TPSA) is 48.0 Å². The molecule has 1 amide bonds. The van der Waals surface area contributed by atoms with Crippen molar-refractivity contribution in [2.75, 3.05) is 33.4 Å². The molecule has 0 aromatic heterocycles. The van der Waals surface area contributed by atoms with Crippen LogP contribution < -0.4 is 14.2 Å². The zero-order valence-electron chi connectivity index (χ0n) is 14.3. The fourth-order valence-corrected chi connectivity index (χ4v) is 3.11. The molecule has 1 saturated heterocycles. The average molecular weight is 371 g/mol. The molecular formula is C18H20F3NO4. The molecule has 2 aliphatic rings. The minimum absolute atomic E-state index is 0.0658. The summed E-state index contributed by atoms with van der Waals surface area (Å²) in [5, 5.41) is 0. The van der Waals surface area contributed by atoms with Gasteiger partial charge in [-0.1, -0.05) is 0 Å². The molecule has 142 valence electrons. The van der Waals surface area contributed by atoms with E-state index < -0.39 is 18.0 Å². The third-order valence-corrected chi connectivity index (χ3v) is 4.46. The van der Waals surface area contributed by atoms with Crippen LogP contribution >= 0.6 is 0 Å². The Balaban J connectivity index is 1.72. The second-order valence-electron chi connectivity index (χ2n) is 6.25. The van der Waals surface area contributed by atoms with Crippen molar-refractivity contribution in [3.05, 3.63) is 23.8 Å². The summed E-state index contributed by atoms with van der Waals surface area (Å²) in [7, 11) is 1.50. The SMILES string of the molecule is COc1cc(/C=C/C(=O)N2CCCC(C(F)(F)F)C2)cc2c1OCCO2. The fourth-order valence-electron chi connectivity index (χ4n) is 3.11. The van der Waals surface area contributed by atoms with E-state index >= 15 is 0 Å². The van der Waals surface area contributed by atoms with Crippen LogP contribution in [0.1, 0.15) is 18.4 Å². The predicted molar refractivity (Wildman–Crippen MR) is 88.4 cm³/mol. The molecule has 0 bridgehead atoms. The van der Waals surface area contributed by atoms with Crippen LogP contribution in [0.4, 0.5) is 13.2 Å². The molecule has 0 N–H and O–H groups in total. The van der Waals surface area contributed by atoms with E-state index in [4.69, 9.17) is 14.2 Å². The van der Waals surface area contributed by atoms with Crippen molar-refractivity contribution in [1.29, 1.82) is 0 Å². The average Bonchev–Trinajstić information content (AvgIpc) is 2.64. The molecular weight excluding hydrogens is 351 g/mol. The number of hydrogen-bond acceptors (Lipinski definition) is 4. The number of ether oxygens (including phenoxy) is 3. The van der Waals surface area contributed by atoms with Gasteiger partial charge >= 0.3 is 6.18 Å². The van der Waals surface area contributed by atoms with Gasteiger partial charge in [0.2, 0.25) is 11.7 Å². The van der Waals surface area contributed by atoms with Crippen molar-refractivity contribution in [2.45, 2.75) is 19.0 Å². The number of carbonyl (C=O) groups excluding carboxylic acids is 1. The maximum absolute atomic E-state index is 12.9. The Kier molecular flexibility index (Phi) is 5.29. The normalized spacial score (nSPS) is 20.3. The van der Waals surface area contributed by atoms with E-state index in [0.717, 1.165) is 0 Å². The van der Waals surface area contributed by atoms with Crippen molar-refractivity contribution in [1.82, 2.24) is 4.90 Å². The molecule has 1 aromatic rings. The van der Waals surface area contributed by atoms with Gasteiger partial charge in [0.25, 0.3) is 0 Å². The second kappa shape index (κ2) is 7.47. The number of piperidine rings is 1. The van der Waals surface area contributed by atoms with E-state index in [0.29, 0.717) is 49.0 Å². The number of likely N-dealkylation sites (tertiary alicyclic amines) is 1. The molecule has 1 aromatic carbocycles. The van der Waals surface area contributed by atoms with Crippen LogP contribution in [-0.2, 0) is 4.79 Å². The third kappa shape index (κ3) is 4.05. The maximum atomic E-state index is 12.9. The molecule has 0 aliphatic carbocycles. The summed E-state index contributed by atoms with van der Waals surface area (Å²) in [4.78, 5) is 13.5. The van der Waals surface area contributed by atoms with Crippen molar-refractivity contribution in [3.8, 4) is 17.2 Å². The molecule has 1 atom stereocenters. The highest BCUT2D eigenvalue weighted by molar-refractivity contribution is 5.92. The van der Waals surface area contributed by atoms with Crippen LogP contribution in [0.5, 0.6) is 17.2 Å². The molecule has 26 heavy (non-hydrogen) atoms. The van der Waals surface area contributed by atoms with Crippen molar-refractivity contribution in [2.24, 2.45) is 5.92 Å². The van der Waals surface area contributed by atoms with E-state index in [1.54, 1.807) is 18.2 Å². The summed E-state index contributed by atoms with van der Waals surface area (Å²) in [6, 6.07) is 3.39. The zero-order valence-corrected chi connectivity index (χ0v) is 14.3. The number of halogens is 3. The number of carbonyl (C=O) groups is 1. The lowest BCUT2D eigenvalue weighted by Crippen LogP contribution is -2.44. The molecule has 5 nitrogen and oxygen atoms in total. The Morgan fingerprint density at radius 3 is 2.81 bits per heavy atom. The second-order valence-corrected chi connectivity index (χ2v) is 6.25. The Bertz CT molecular complexity index is 685. The van der Waals surface area contributed by atoms with Gasteiger partial charge in [0.1, 0.15) is 13.2 Å². The molecule has 1 unspecified atom stereocenters. The summed E-state index contributed by atoms with van der Waals surface area (Å²) in [6.45, 7) is 0.874. The first-order chi connectivity index (χ1) is 12.4. The van der Waals surface area contributed by atoms with Crippen LogP contribution in [0.2, 0.25) is 0 Å². The number of nitrogens with zero attached hydrogens (tertiary/aromatic N) is 1. The Morgan fingerprint density at radius 2 is 2.08 bits per heavy atom. The van der Waals surface area contributed by atoms with E-state index in [2.05, 4.69) is 0 Å². The van der Waals surface area contributed by atoms with Crippen LogP contribution in [0.25, 0.3) is 6.08 Å². The summed E-state index contributed by atoms with van der Waals surface area (Å²) < 4.78 is 54.9. The Labute approximate surface area is 149 Å². The van der Waals surface area contributed by atoms with E-state index in [1.165, 1.54) is 18.1 Å². The quantitative estimate of drug-likeness (QED) is 0.765. The standard InChI is InChI=1S/C18H20F3NO4/c1-24-14-9-12(10-15-17(14)26-8-7-25-15)4-5-16(23)22-6-2-3-13(11-22)18(19,20)21/h4-5,9-10,13H,2-3,6-8,11H2,1H3/b5-4+. The number of methoxy groups -OCH3 is 1. The van der Waals surface area contributed by atoms with Crippen LogP contribution in [0.15, 0.2) is 18.2 Å². The highest BCUT2D eigenvalue weighted by Gasteiger charge is 2.42. The number of rotatable bonds is 3. The van der Waals surface area contributed by atoms with E-state index in [-0.39, 0.29) is 13.0 Å². The fraction of sp³-hybridized carbons (Fsp3) is 0.500. The van der Waals surface area contributed by atoms with Crippen molar-refractivity contribution >= 4 is 12.0 Å². The van der Waals surface area contributed by atoms with Gasteiger partial charge in [0.15, 0.2) is 11.5 Å². The van der Waals surface area contributed by atoms with Crippen molar-refractivity contribution in [3.63, 3.8) is 0 Å². The van der Waals surface area contributed by atoms with Gasteiger partial charge in [0, 0.05) is 19.2 Å². The van der Waals surface area contributed by atoms with E-state index in [1.807, 2.05) is 0 Å². The third-order valence-electron chi connectivity index (χ3n) is 4.46. The lowest BCUT2D eigenvalue weighted by Gasteiger charge is -2.33. The minimum atomic E-state index is -4.27. The Morgan fingerprint density at radius 1 is 1.31 bits per heavy atom. The summed E-state index contributed by atoms with van der Waals surface area (Å²) in [5.74, 6) is -0.399. The van der Waals surface area contributed by atoms with Gasteiger partial charge in [-0.2, -0.15) is 13.2 Å². The first-order valence-corrected chi connectivity index (χ1v) is 8.40.